The molecular weight excluding hydrogens is 316 g/mol. The number of nitrogens with one attached hydrogen (secondary N) is 1. The van der Waals surface area contributed by atoms with Crippen LogP contribution in [-0.2, 0) is 16.1 Å². The molecule has 5 nitrogen and oxygen atoms in total. The molecule has 0 bridgehead atoms. The molecule has 0 aliphatic heterocycles. The van der Waals surface area contributed by atoms with Gasteiger partial charge in [0.05, 0.1) is 0 Å². The Hall–Kier alpha value is -1.59. The molecule has 0 fully saturated rings. The third kappa shape index (κ3) is 6.20. The maximum atomic E-state index is 12.5. The number of rotatable bonds is 8. The number of aliphatic hydroxyl groups is 1. The molecule has 1 aromatic rings. The molecule has 1 rings (SSSR count). The second-order valence-corrected chi connectivity index (χ2v) is 6.23. The highest BCUT2D eigenvalue weighted by Crippen LogP contribution is 2.15. The van der Waals surface area contributed by atoms with Crippen molar-refractivity contribution in [1.82, 2.24) is 10.2 Å². The number of amides is 2. The highest BCUT2D eigenvalue weighted by Gasteiger charge is 2.27. The molecule has 1 atom stereocenters. The molecule has 1 unspecified atom stereocenters. The Balaban J connectivity index is 2.84. The van der Waals surface area contributed by atoms with Gasteiger partial charge in [0.2, 0.25) is 11.8 Å². The van der Waals surface area contributed by atoms with Crippen molar-refractivity contribution in [2.24, 2.45) is 5.92 Å². The molecule has 2 amide bonds. The Morgan fingerprint density at radius 1 is 1.22 bits per heavy atom. The van der Waals surface area contributed by atoms with Gasteiger partial charge >= 0.3 is 0 Å². The molecule has 0 heterocycles. The second kappa shape index (κ2) is 9.53. The first-order valence-electron chi connectivity index (χ1n) is 7.80. The number of carbonyl (C=O) groups is 2. The van der Waals surface area contributed by atoms with E-state index in [-0.39, 0.29) is 24.3 Å². The van der Waals surface area contributed by atoms with Crippen LogP contribution in [0.15, 0.2) is 24.3 Å². The summed E-state index contributed by atoms with van der Waals surface area (Å²) in [6.45, 7) is 6.10. The first-order valence-corrected chi connectivity index (χ1v) is 8.18. The zero-order valence-corrected chi connectivity index (χ0v) is 14.6. The van der Waals surface area contributed by atoms with E-state index in [1.165, 1.54) is 0 Å². The fraction of sp³-hybridized carbons (Fsp3) is 0.529. The van der Waals surface area contributed by atoms with Crippen molar-refractivity contribution < 1.29 is 14.7 Å². The molecule has 0 spiro atoms. The van der Waals surface area contributed by atoms with Crippen LogP contribution in [0.4, 0.5) is 0 Å². The summed E-state index contributed by atoms with van der Waals surface area (Å²) in [6.07, 6.45) is 0.494. The Kier molecular flexibility index (Phi) is 8.06. The lowest BCUT2D eigenvalue weighted by Gasteiger charge is -2.30. The van der Waals surface area contributed by atoms with Crippen LogP contribution in [0.5, 0.6) is 0 Å². The van der Waals surface area contributed by atoms with Gasteiger partial charge in [0, 0.05) is 30.6 Å². The minimum atomic E-state index is -0.584. The highest BCUT2D eigenvalue weighted by atomic mass is 35.5. The fourth-order valence-corrected chi connectivity index (χ4v) is 2.23. The van der Waals surface area contributed by atoms with E-state index in [1.807, 2.05) is 26.0 Å². The van der Waals surface area contributed by atoms with Gasteiger partial charge in [0.25, 0.3) is 0 Å². The Bertz CT molecular complexity index is 517. The topological polar surface area (TPSA) is 69.6 Å². The monoisotopic (exact) mass is 340 g/mol. The highest BCUT2D eigenvalue weighted by molar-refractivity contribution is 6.30. The summed E-state index contributed by atoms with van der Waals surface area (Å²) in [4.78, 5) is 26.3. The summed E-state index contributed by atoms with van der Waals surface area (Å²) in [5.74, 6) is -0.499. The molecule has 0 aliphatic rings. The summed E-state index contributed by atoms with van der Waals surface area (Å²) in [6, 6.07) is 6.64. The SMILES string of the molecule is CC(C)C(=O)N(Cc1ccc(Cl)cc1)C(C)C(=O)NCCCO. The Labute approximate surface area is 142 Å². The Morgan fingerprint density at radius 3 is 2.35 bits per heavy atom. The number of aliphatic hydroxyl groups excluding tert-OH is 1. The molecule has 0 radical (unpaired) electrons. The standard InChI is InChI=1S/C17H25ClN2O3/c1-12(2)17(23)20(11-14-5-7-15(18)8-6-14)13(3)16(22)19-9-4-10-21/h5-8,12-13,21H,4,9-11H2,1-3H3,(H,19,22). The van der Waals surface area contributed by atoms with Crippen LogP contribution < -0.4 is 5.32 Å². The molecule has 0 aromatic heterocycles. The van der Waals surface area contributed by atoms with Crippen molar-refractivity contribution in [2.75, 3.05) is 13.2 Å². The molecule has 0 aliphatic carbocycles. The van der Waals surface area contributed by atoms with Crippen molar-refractivity contribution >= 4 is 23.4 Å². The van der Waals surface area contributed by atoms with Gasteiger partial charge in [-0.3, -0.25) is 9.59 Å². The zero-order valence-electron chi connectivity index (χ0n) is 13.9. The van der Waals surface area contributed by atoms with Crippen LogP contribution >= 0.6 is 11.6 Å². The minimum absolute atomic E-state index is 0.0219. The van der Waals surface area contributed by atoms with E-state index >= 15 is 0 Å². The predicted molar refractivity (Wildman–Crippen MR) is 91.0 cm³/mol. The van der Waals surface area contributed by atoms with Gasteiger partial charge in [-0.25, -0.2) is 0 Å². The van der Waals surface area contributed by atoms with E-state index in [9.17, 15) is 9.59 Å². The molecule has 0 saturated carbocycles. The van der Waals surface area contributed by atoms with Crippen LogP contribution in [0.2, 0.25) is 5.02 Å². The van der Waals surface area contributed by atoms with E-state index in [0.29, 0.717) is 24.5 Å². The molecule has 0 saturated heterocycles. The van der Waals surface area contributed by atoms with Crippen molar-refractivity contribution in [1.29, 1.82) is 0 Å². The number of hydrogen-bond donors (Lipinski definition) is 2. The van der Waals surface area contributed by atoms with Crippen LogP contribution in [0.3, 0.4) is 0 Å². The minimum Gasteiger partial charge on any atom is -0.396 e. The number of benzene rings is 1. The zero-order chi connectivity index (χ0) is 17.4. The van der Waals surface area contributed by atoms with Gasteiger partial charge in [0.15, 0.2) is 0 Å². The molecule has 128 valence electrons. The summed E-state index contributed by atoms with van der Waals surface area (Å²) < 4.78 is 0. The number of carbonyl (C=O) groups excluding carboxylic acids is 2. The third-order valence-corrected chi connectivity index (χ3v) is 3.78. The summed E-state index contributed by atoms with van der Waals surface area (Å²) in [5, 5.41) is 12.1. The van der Waals surface area contributed by atoms with Crippen LogP contribution in [0.25, 0.3) is 0 Å². The van der Waals surface area contributed by atoms with Gasteiger partial charge < -0.3 is 15.3 Å². The average Bonchev–Trinajstić information content (AvgIpc) is 2.53. The lowest BCUT2D eigenvalue weighted by Crippen LogP contribution is -2.49. The molecule has 2 N–H and O–H groups in total. The first-order chi connectivity index (χ1) is 10.9. The predicted octanol–water partition coefficient (Wildman–Crippen LogP) is 2.21. The number of nitrogens with zero attached hydrogens (tertiary/aromatic N) is 1. The van der Waals surface area contributed by atoms with Crippen molar-refractivity contribution in [2.45, 2.75) is 39.8 Å². The molecule has 6 heteroatoms. The smallest absolute Gasteiger partial charge is 0.242 e. The summed E-state index contributed by atoms with van der Waals surface area (Å²) in [7, 11) is 0. The maximum Gasteiger partial charge on any atom is 0.242 e. The summed E-state index contributed by atoms with van der Waals surface area (Å²) >= 11 is 5.88. The van der Waals surface area contributed by atoms with E-state index in [0.717, 1.165) is 5.56 Å². The third-order valence-electron chi connectivity index (χ3n) is 3.52. The van der Waals surface area contributed by atoms with E-state index in [1.54, 1.807) is 24.0 Å². The van der Waals surface area contributed by atoms with Crippen molar-refractivity contribution in [3.63, 3.8) is 0 Å². The molecular formula is C17H25ClN2O3. The number of halogens is 1. The quantitative estimate of drug-likeness (QED) is 0.713. The fourth-order valence-electron chi connectivity index (χ4n) is 2.10. The largest absolute Gasteiger partial charge is 0.396 e. The van der Waals surface area contributed by atoms with E-state index in [2.05, 4.69) is 5.32 Å². The van der Waals surface area contributed by atoms with Crippen LogP contribution in [-0.4, -0.2) is 41.0 Å². The van der Waals surface area contributed by atoms with E-state index in [4.69, 9.17) is 16.7 Å². The Morgan fingerprint density at radius 2 is 1.83 bits per heavy atom. The summed E-state index contributed by atoms with van der Waals surface area (Å²) in [5.41, 5.74) is 0.915. The van der Waals surface area contributed by atoms with Crippen LogP contribution in [0.1, 0.15) is 32.8 Å². The lowest BCUT2D eigenvalue weighted by atomic mass is 10.1. The lowest BCUT2D eigenvalue weighted by molar-refractivity contribution is -0.143. The van der Waals surface area contributed by atoms with Crippen molar-refractivity contribution in [3.05, 3.63) is 34.9 Å². The second-order valence-electron chi connectivity index (χ2n) is 5.79. The van der Waals surface area contributed by atoms with Gasteiger partial charge in [-0.1, -0.05) is 37.6 Å². The van der Waals surface area contributed by atoms with Gasteiger partial charge in [-0.05, 0) is 31.0 Å². The first kappa shape index (κ1) is 19.5. The van der Waals surface area contributed by atoms with Gasteiger partial charge in [0.1, 0.15) is 6.04 Å². The van der Waals surface area contributed by atoms with Gasteiger partial charge in [-0.2, -0.15) is 0 Å². The van der Waals surface area contributed by atoms with E-state index < -0.39 is 6.04 Å². The van der Waals surface area contributed by atoms with Gasteiger partial charge in [-0.15, -0.1) is 0 Å². The maximum absolute atomic E-state index is 12.5. The number of hydrogen-bond acceptors (Lipinski definition) is 3. The molecule has 23 heavy (non-hydrogen) atoms. The normalized spacial score (nSPS) is 12.1. The van der Waals surface area contributed by atoms with Crippen LogP contribution in [0, 0.1) is 5.92 Å². The van der Waals surface area contributed by atoms with Crippen molar-refractivity contribution in [3.8, 4) is 0 Å². The average molecular weight is 341 g/mol. The molecule has 1 aromatic carbocycles.